The Morgan fingerprint density at radius 3 is 0.465 bits per heavy atom. The van der Waals surface area contributed by atoms with Gasteiger partial charge in [-0.25, -0.2) is 0 Å². The van der Waals surface area contributed by atoms with E-state index in [0.717, 1.165) is 117 Å². The van der Waals surface area contributed by atoms with Gasteiger partial charge < -0.3 is 40.7 Å². The molecular weight excluding hydrogens is 860 g/mol. The molecule has 0 saturated carbocycles. The van der Waals surface area contributed by atoms with Gasteiger partial charge in [0, 0.05) is 0 Å². The van der Waals surface area contributed by atoms with E-state index < -0.39 is 39.3 Å². The van der Waals surface area contributed by atoms with Crippen LogP contribution in [-0.4, -0.2) is 59.5 Å². The summed E-state index contributed by atoms with van der Waals surface area (Å²) in [5.41, 5.74) is 0. The van der Waals surface area contributed by atoms with E-state index in [9.17, 15) is 0 Å². The van der Waals surface area contributed by atoms with Crippen LogP contribution >= 0.6 is 54.6 Å². The molecule has 43 heavy (non-hydrogen) atoms. The van der Waals surface area contributed by atoms with Gasteiger partial charge in [-0.2, -0.15) is 0 Å². The van der Waals surface area contributed by atoms with Gasteiger partial charge in [-0.15, -0.1) is 0 Å². The van der Waals surface area contributed by atoms with E-state index in [4.69, 9.17) is 69.5 Å². The normalized spacial score (nSPS) is 11.1. The Hall–Kier alpha value is 2.45. The number of rotatable bonds is 27. The molecule has 0 aliphatic rings. The van der Waals surface area contributed by atoms with Crippen molar-refractivity contribution in [1.29, 1.82) is 0 Å². The fourth-order valence-corrected chi connectivity index (χ4v) is 5.48. The summed E-state index contributed by atoms with van der Waals surface area (Å²) in [5, 5.41) is 0. The molecule has 0 bridgehead atoms. The van der Waals surface area contributed by atoms with Crippen LogP contribution in [0, 0.1) is 0 Å². The molecule has 0 saturated heterocycles. The van der Waals surface area contributed by atoms with Crippen LogP contribution in [0.5, 0.6) is 0 Å². The molecule has 9 nitrogen and oxygen atoms in total. The average molecular weight is 923 g/mol. The van der Waals surface area contributed by atoms with Crippen LogP contribution in [0.1, 0.15) is 120 Å². The molecule has 0 amide bonds. The minimum absolute atomic E-state index is 0.721. The van der Waals surface area contributed by atoms with E-state index in [1.54, 1.807) is 0 Å². The Morgan fingerprint density at radius 1 is 0.302 bits per heavy atom. The number of hydrogen-bond donors (Lipinski definition) is 0. The summed E-state index contributed by atoms with van der Waals surface area (Å²) in [6.45, 7) is 25.2. The summed E-state index contributed by atoms with van der Waals surface area (Å²) in [6, 6.07) is 0. The molecule has 0 aromatic heterocycles. The van der Waals surface area contributed by atoms with E-state index in [1.807, 2.05) is 0 Å². The van der Waals surface area contributed by atoms with Crippen LogP contribution in [-0.2, 0) is 54.2 Å². The van der Waals surface area contributed by atoms with Gasteiger partial charge in [0.2, 0.25) is 0 Å². The van der Waals surface area contributed by atoms with Crippen LogP contribution in [0.25, 0.3) is 0 Å². The van der Waals surface area contributed by atoms with Crippen LogP contribution in [0.2, 0.25) is 0 Å². The average Bonchev–Trinajstić information content (AvgIpc) is 3.00. The molecule has 0 radical (unpaired) electrons. The quantitative estimate of drug-likeness (QED) is 0.0748. The van der Waals surface area contributed by atoms with Crippen molar-refractivity contribution in [3.63, 3.8) is 0 Å². The Bertz CT molecular complexity index is 360. The molecule has 0 spiro atoms. The van der Waals surface area contributed by atoms with Gasteiger partial charge >= 0.3 is 68.0 Å². The van der Waals surface area contributed by atoms with Gasteiger partial charge in [-0.3, -0.25) is 0 Å². The summed E-state index contributed by atoms with van der Waals surface area (Å²) in [4.78, 5) is 0. The summed E-state index contributed by atoms with van der Waals surface area (Å²) in [6.07, 6.45) is 9.03. The van der Waals surface area contributed by atoms with Crippen molar-refractivity contribution in [2.75, 3.05) is 59.5 Å². The van der Waals surface area contributed by atoms with Crippen molar-refractivity contribution < 1.29 is 54.2 Å². The molecular formula is C27H63Cl3IrO9P3. The third-order valence-electron chi connectivity index (χ3n) is 3.61. The standard InChI is InChI=1S/3C9H21O3P.3ClH.Ir/c3*1-4-7-10-13(11-8-5-2)12-9-6-3;;;;/h3*4-9H2,1-3H3;3*1H;/q;;;;;;+3/p-3. The van der Waals surface area contributed by atoms with Crippen LogP contribution in [0.15, 0.2) is 0 Å². The molecule has 0 N–H and O–H groups in total. The fourth-order valence-electron chi connectivity index (χ4n) is 1.83. The van der Waals surface area contributed by atoms with E-state index in [2.05, 4.69) is 62.3 Å². The topological polar surface area (TPSA) is 83.1 Å². The Balaban J connectivity index is -0.000000249. The third-order valence-corrected chi connectivity index (χ3v) is 7.15. The predicted octanol–water partition coefficient (Wildman–Crippen LogP) is 12.5. The Labute approximate surface area is 286 Å². The number of hydrogen-bond acceptors (Lipinski definition) is 9. The van der Waals surface area contributed by atoms with E-state index in [0.29, 0.717) is 0 Å². The Kier molecular flexibility index (Phi) is 59.4. The van der Waals surface area contributed by atoms with Crippen LogP contribution in [0.3, 0.4) is 0 Å². The molecule has 0 heterocycles. The second-order valence-corrected chi connectivity index (χ2v) is 22.4. The van der Waals surface area contributed by atoms with Gasteiger partial charge in [-0.05, 0) is 57.8 Å². The van der Waals surface area contributed by atoms with Crippen molar-refractivity contribution in [1.82, 2.24) is 0 Å². The van der Waals surface area contributed by atoms with E-state index in [1.165, 1.54) is 0 Å². The monoisotopic (exact) mass is 922 g/mol. The van der Waals surface area contributed by atoms with Crippen LogP contribution < -0.4 is 0 Å². The third kappa shape index (κ3) is 54.2. The molecule has 0 unspecified atom stereocenters. The van der Waals surface area contributed by atoms with Gasteiger partial charge in [0.1, 0.15) is 0 Å². The van der Waals surface area contributed by atoms with Crippen molar-refractivity contribution in [3.05, 3.63) is 0 Å². The summed E-state index contributed by atoms with van der Waals surface area (Å²) in [7, 11) is 11.7. The second-order valence-electron chi connectivity index (χ2n) is 8.31. The first kappa shape index (κ1) is 52.3. The SMILES string of the molecule is CCCOP(OCCC)OCCC.CCCOP(OCCC)OCCC.CCCOP(OCCC)OCCC.[Cl][Ir]([Cl])[Cl]. The first-order valence-electron chi connectivity index (χ1n) is 15.5. The van der Waals surface area contributed by atoms with Gasteiger partial charge in [0.15, 0.2) is 0 Å². The van der Waals surface area contributed by atoms with Gasteiger partial charge in [0.25, 0.3) is 0 Å². The molecule has 0 rings (SSSR count). The minimum atomic E-state index is -1.92. The Morgan fingerprint density at radius 2 is 0.395 bits per heavy atom. The fraction of sp³-hybridized carbons (Fsp3) is 1.00. The maximum atomic E-state index is 5.42. The predicted molar refractivity (Wildman–Crippen MR) is 185 cm³/mol. The van der Waals surface area contributed by atoms with Crippen molar-refractivity contribution >= 4 is 54.6 Å². The molecule has 270 valence electrons. The zero-order chi connectivity index (χ0) is 33.4. The maximum absolute atomic E-state index is 5.42. The molecule has 0 aliphatic carbocycles. The summed E-state index contributed by atoms with van der Waals surface area (Å²) in [5.74, 6) is 0. The second kappa shape index (κ2) is 48.8. The van der Waals surface area contributed by atoms with Crippen molar-refractivity contribution in [2.45, 2.75) is 120 Å². The van der Waals surface area contributed by atoms with E-state index in [-0.39, 0.29) is 0 Å². The molecule has 16 heteroatoms. The molecule has 0 aromatic carbocycles. The van der Waals surface area contributed by atoms with Crippen LogP contribution in [0.4, 0.5) is 0 Å². The summed E-state index contributed by atoms with van der Waals surface area (Å²) >= 11 is -1.92. The van der Waals surface area contributed by atoms with E-state index >= 15 is 0 Å². The zero-order valence-corrected chi connectivity index (χ0v) is 35.6. The van der Waals surface area contributed by atoms with Gasteiger partial charge in [-0.1, -0.05) is 62.3 Å². The first-order valence-corrected chi connectivity index (χ1v) is 27.7. The summed E-state index contributed by atoms with van der Waals surface area (Å²) < 4.78 is 48.7. The first-order chi connectivity index (χ1) is 20.8. The zero-order valence-electron chi connectivity index (χ0n) is 28.2. The van der Waals surface area contributed by atoms with Gasteiger partial charge in [0.05, 0.1) is 59.5 Å². The molecule has 0 aliphatic heterocycles. The molecule has 0 atom stereocenters. The van der Waals surface area contributed by atoms with Crippen molar-refractivity contribution in [2.24, 2.45) is 0 Å². The molecule has 0 aromatic rings. The molecule has 0 fully saturated rings. The number of halogens is 3. The van der Waals surface area contributed by atoms with Crippen molar-refractivity contribution in [3.8, 4) is 0 Å².